The van der Waals surface area contributed by atoms with E-state index in [1.165, 1.54) is 0 Å². The maximum Gasteiger partial charge on any atom is 0.254 e. The van der Waals surface area contributed by atoms with Gasteiger partial charge < -0.3 is 10.0 Å². The van der Waals surface area contributed by atoms with Crippen LogP contribution in [0.5, 0.6) is 0 Å². The fourth-order valence-electron chi connectivity index (χ4n) is 2.39. The van der Waals surface area contributed by atoms with E-state index in [4.69, 9.17) is 0 Å². The van der Waals surface area contributed by atoms with Crippen LogP contribution in [-0.2, 0) is 12.1 Å². The summed E-state index contributed by atoms with van der Waals surface area (Å²) >= 11 is 0. The summed E-state index contributed by atoms with van der Waals surface area (Å²) in [4.78, 5) is 14.2. The highest BCUT2D eigenvalue weighted by atomic mass is 16.3. The van der Waals surface area contributed by atoms with E-state index in [0.29, 0.717) is 6.04 Å². The molecule has 1 aliphatic heterocycles. The topological polar surface area (TPSA) is 40.5 Å². The Hall–Kier alpha value is -1.35. The van der Waals surface area contributed by atoms with Gasteiger partial charge in [0.1, 0.15) is 0 Å². The van der Waals surface area contributed by atoms with Gasteiger partial charge in [0.05, 0.1) is 5.60 Å². The molecule has 0 radical (unpaired) electrons. The number of hydrogen-bond acceptors (Lipinski definition) is 2. The highest BCUT2D eigenvalue weighted by Crippen LogP contribution is 2.35. The van der Waals surface area contributed by atoms with Crippen LogP contribution in [0, 0.1) is 0 Å². The lowest BCUT2D eigenvalue weighted by Crippen LogP contribution is -2.26. The van der Waals surface area contributed by atoms with Crippen LogP contribution in [-0.4, -0.2) is 22.0 Å². The Kier molecular flexibility index (Phi) is 2.11. The summed E-state index contributed by atoms with van der Waals surface area (Å²) in [7, 11) is 0. The van der Waals surface area contributed by atoms with Gasteiger partial charge in [-0.1, -0.05) is 12.1 Å². The van der Waals surface area contributed by atoms with E-state index in [2.05, 4.69) is 0 Å². The number of hydrogen-bond donors (Lipinski definition) is 1. The predicted molar refractivity (Wildman–Crippen MR) is 64.6 cm³/mol. The molecule has 3 nitrogen and oxygen atoms in total. The Morgan fingerprint density at radius 1 is 1.35 bits per heavy atom. The first-order chi connectivity index (χ1) is 7.97. The van der Waals surface area contributed by atoms with E-state index in [1.54, 1.807) is 13.8 Å². The van der Waals surface area contributed by atoms with Crippen LogP contribution in [0.25, 0.3) is 0 Å². The minimum absolute atomic E-state index is 0.133. The second-order valence-corrected chi connectivity index (χ2v) is 5.60. The highest BCUT2D eigenvalue weighted by Gasteiger charge is 2.38. The molecule has 1 saturated carbocycles. The number of fused-ring (bicyclic) bond motifs is 1. The Bertz CT molecular complexity index is 483. The zero-order valence-corrected chi connectivity index (χ0v) is 10.2. The van der Waals surface area contributed by atoms with Crippen molar-refractivity contribution in [3.05, 3.63) is 34.9 Å². The summed E-state index contributed by atoms with van der Waals surface area (Å²) < 4.78 is 0. The first kappa shape index (κ1) is 10.8. The molecule has 0 aromatic heterocycles. The second-order valence-electron chi connectivity index (χ2n) is 5.60. The molecule has 1 heterocycles. The molecule has 3 heteroatoms. The third-order valence-electron chi connectivity index (χ3n) is 3.64. The molecule has 1 aliphatic carbocycles. The normalized spacial score (nSPS) is 19.7. The number of carbonyl (C=O) groups excluding carboxylic acids is 1. The quantitative estimate of drug-likeness (QED) is 0.846. The van der Waals surface area contributed by atoms with E-state index in [0.717, 1.165) is 36.1 Å². The lowest BCUT2D eigenvalue weighted by Gasteiger charge is -2.18. The van der Waals surface area contributed by atoms with E-state index in [-0.39, 0.29) is 5.91 Å². The number of nitrogens with zero attached hydrogens (tertiary/aromatic N) is 1. The molecule has 0 saturated heterocycles. The SMILES string of the molecule is CC(C)(O)c1ccc2c(c1)C(=O)N(C1CC1)C2. The van der Waals surface area contributed by atoms with Gasteiger partial charge in [-0.25, -0.2) is 0 Å². The molecule has 3 rings (SSSR count). The van der Waals surface area contributed by atoms with Crippen molar-refractivity contribution in [3.63, 3.8) is 0 Å². The highest BCUT2D eigenvalue weighted by molar-refractivity contribution is 5.99. The largest absolute Gasteiger partial charge is 0.386 e. The second kappa shape index (κ2) is 3.33. The van der Waals surface area contributed by atoms with Crippen molar-refractivity contribution in [3.8, 4) is 0 Å². The third-order valence-corrected chi connectivity index (χ3v) is 3.64. The molecule has 0 spiro atoms. The van der Waals surface area contributed by atoms with Crippen LogP contribution in [0.2, 0.25) is 0 Å². The van der Waals surface area contributed by atoms with Crippen LogP contribution < -0.4 is 0 Å². The molecule has 0 unspecified atom stereocenters. The minimum atomic E-state index is -0.887. The molecule has 2 aliphatic rings. The van der Waals surface area contributed by atoms with Crippen LogP contribution in [0.1, 0.15) is 48.2 Å². The van der Waals surface area contributed by atoms with Crippen LogP contribution in [0.15, 0.2) is 18.2 Å². The molecule has 0 atom stereocenters. The fraction of sp³-hybridized carbons (Fsp3) is 0.500. The van der Waals surface area contributed by atoms with Crippen molar-refractivity contribution in [1.29, 1.82) is 0 Å². The zero-order valence-electron chi connectivity index (χ0n) is 10.2. The summed E-state index contributed by atoms with van der Waals surface area (Å²) in [6.45, 7) is 4.23. The van der Waals surface area contributed by atoms with Crippen molar-refractivity contribution >= 4 is 5.91 Å². The van der Waals surface area contributed by atoms with Gasteiger partial charge in [0, 0.05) is 18.2 Å². The first-order valence-electron chi connectivity index (χ1n) is 6.13. The van der Waals surface area contributed by atoms with Crippen molar-refractivity contribution in [2.45, 2.75) is 44.9 Å². The summed E-state index contributed by atoms with van der Waals surface area (Å²) in [5, 5.41) is 9.97. The minimum Gasteiger partial charge on any atom is -0.386 e. The Morgan fingerprint density at radius 3 is 2.65 bits per heavy atom. The molecule has 1 N–H and O–H groups in total. The van der Waals surface area contributed by atoms with E-state index in [1.807, 2.05) is 23.1 Å². The Labute approximate surface area is 101 Å². The maximum atomic E-state index is 12.2. The predicted octanol–water partition coefficient (Wildman–Crippen LogP) is 2.03. The van der Waals surface area contributed by atoms with Crippen LogP contribution in [0.3, 0.4) is 0 Å². The summed E-state index contributed by atoms with van der Waals surface area (Å²) in [6.07, 6.45) is 2.27. The van der Waals surface area contributed by atoms with Gasteiger partial charge in [-0.05, 0) is 43.9 Å². The average molecular weight is 231 g/mol. The third kappa shape index (κ3) is 1.75. The molecule has 17 heavy (non-hydrogen) atoms. The van der Waals surface area contributed by atoms with E-state index < -0.39 is 5.60 Å². The van der Waals surface area contributed by atoms with Gasteiger partial charge >= 0.3 is 0 Å². The monoisotopic (exact) mass is 231 g/mol. The molecule has 1 aromatic carbocycles. The molecular weight excluding hydrogens is 214 g/mol. The van der Waals surface area contributed by atoms with Crippen LogP contribution in [0.4, 0.5) is 0 Å². The molecule has 1 amide bonds. The zero-order chi connectivity index (χ0) is 12.2. The van der Waals surface area contributed by atoms with Gasteiger partial charge in [0.25, 0.3) is 5.91 Å². The summed E-state index contributed by atoms with van der Waals surface area (Å²) in [5.74, 6) is 0.133. The number of carbonyl (C=O) groups is 1. The molecule has 1 aromatic rings. The van der Waals surface area contributed by atoms with Crippen molar-refractivity contribution < 1.29 is 9.90 Å². The van der Waals surface area contributed by atoms with Gasteiger partial charge in [0.2, 0.25) is 0 Å². The van der Waals surface area contributed by atoms with Crippen molar-refractivity contribution in [2.24, 2.45) is 0 Å². The van der Waals surface area contributed by atoms with Crippen molar-refractivity contribution in [1.82, 2.24) is 4.90 Å². The lowest BCUT2D eigenvalue weighted by molar-refractivity contribution is 0.0760. The van der Waals surface area contributed by atoms with E-state index in [9.17, 15) is 9.90 Å². The van der Waals surface area contributed by atoms with Gasteiger partial charge in [-0.2, -0.15) is 0 Å². The first-order valence-corrected chi connectivity index (χ1v) is 6.13. The molecular formula is C14H17NO2. The standard InChI is InChI=1S/C14H17NO2/c1-14(2,17)10-4-3-9-8-15(11-5-6-11)13(16)12(9)7-10/h3-4,7,11,17H,5-6,8H2,1-2H3. The van der Waals surface area contributed by atoms with Crippen molar-refractivity contribution in [2.75, 3.05) is 0 Å². The molecule has 90 valence electrons. The van der Waals surface area contributed by atoms with Gasteiger partial charge in [-0.3, -0.25) is 4.79 Å². The number of rotatable bonds is 2. The molecule has 0 bridgehead atoms. The number of amides is 1. The Balaban J connectivity index is 1.98. The fourth-order valence-corrected chi connectivity index (χ4v) is 2.39. The number of benzene rings is 1. The summed E-state index contributed by atoms with van der Waals surface area (Å²) in [6, 6.07) is 6.20. The van der Waals surface area contributed by atoms with Gasteiger partial charge in [0.15, 0.2) is 0 Å². The summed E-state index contributed by atoms with van der Waals surface area (Å²) in [5.41, 5.74) is 1.79. The van der Waals surface area contributed by atoms with E-state index >= 15 is 0 Å². The lowest BCUT2D eigenvalue weighted by atomic mass is 9.95. The maximum absolute atomic E-state index is 12.2. The van der Waals surface area contributed by atoms with Crippen LogP contribution >= 0.6 is 0 Å². The molecule has 1 fully saturated rings. The number of aliphatic hydroxyl groups is 1. The Morgan fingerprint density at radius 2 is 2.06 bits per heavy atom. The average Bonchev–Trinajstić information content (AvgIpc) is 3.03. The van der Waals surface area contributed by atoms with Gasteiger partial charge in [-0.15, -0.1) is 0 Å². The smallest absolute Gasteiger partial charge is 0.254 e.